The summed E-state index contributed by atoms with van der Waals surface area (Å²) in [5.74, 6) is 0.334. The molecule has 36 heavy (non-hydrogen) atoms. The van der Waals surface area contributed by atoms with E-state index in [4.69, 9.17) is 4.98 Å². The second-order valence-electron chi connectivity index (χ2n) is 8.45. The van der Waals surface area contributed by atoms with E-state index in [9.17, 15) is 9.90 Å². The lowest BCUT2D eigenvalue weighted by Crippen LogP contribution is -2.09. The van der Waals surface area contributed by atoms with E-state index in [1.54, 1.807) is 4.52 Å². The van der Waals surface area contributed by atoms with Crippen molar-refractivity contribution in [1.82, 2.24) is 40.2 Å². The smallest absolute Gasteiger partial charge is 0.324 e. The Morgan fingerprint density at radius 3 is 2.53 bits per heavy atom. The summed E-state index contributed by atoms with van der Waals surface area (Å²) in [5.41, 5.74) is 6.55. The van der Waals surface area contributed by atoms with Gasteiger partial charge in [-0.15, -0.1) is 10.2 Å². The van der Waals surface area contributed by atoms with Crippen molar-refractivity contribution in [3.05, 3.63) is 77.0 Å². The SMILES string of the molecule is CCCc1nc(C)n2nc(C(S)C(=O)O)nc2c1Cc1ccc(-c2ccccc2-c2nnn[nH]2)cc1. The minimum atomic E-state index is -1.11. The molecule has 0 bridgehead atoms. The Kier molecular flexibility index (Phi) is 6.47. The molecule has 2 N–H and O–H groups in total. The van der Waals surface area contributed by atoms with Crippen LogP contribution in [0.3, 0.4) is 0 Å². The molecule has 0 saturated carbocycles. The number of rotatable bonds is 8. The predicted octanol–water partition coefficient (Wildman–Crippen LogP) is 3.88. The van der Waals surface area contributed by atoms with Crippen molar-refractivity contribution < 1.29 is 9.90 Å². The number of fused-ring (bicyclic) bond motifs is 1. The van der Waals surface area contributed by atoms with Gasteiger partial charge in [-0.05, 0) is 40.5 Å². The first kappa shape index (κ1) is 23.6. The zero-order chi connectivity index (χ0) is 25.2. The number of benzene rings is 2. The van der Waals surface area contributed by atoms with Gasteiger partial charge in [0.15, 0.2) is 22.5 Å². The number of carboxylic acid groups (broad SMARTS) is 1. The van der Waals surface area contributed by atoms with Gasteiger partial charge in [0.2, 0.25) is 0 Å². The number of H-pyrrole nitrogens is 1. The standard InChI is InChI=1S/C25H24N8O2S/c1-3-6-20-19(24-27-23(21(36)25(34)35)30-33(24)14(2)26-20)13-15-9-11-16(12-10-15)17-7-4-5-8-18(17)22-28-31-32-29-22/h4-5,7-12,21,36H,3,6,13H2,1-2H3,(H,34,35)(H,28,29,31,32). The van der Waals surface area contributed by atoms with Crippen LogP contribution in [0.15, 0.2) is 48.5 Å². The van der Waals surface area contributed by atoms with Gasteiger partial charge in [0, 0.05) is 23.2 Å². The van der Waals surface area contributed by atoms with Crippen LogP contribution in [0.4, 0.5) is 0 Å². The van der Waals surface area contributed by atoms with Crippen LogP contribution in [0.1, 0.15) is 47.1 Å². The first-order chi connectivity index (χ1) is 17.5. The van der Waals surface area contributed by atoms with Gasteiger partial charge in [0.1, 0.15) is 5.82 Å². The average Bonchev–Trinajstić information content (AvgIpc) is 3.58. The molecule has 0 fully saturated rings. The highest BCUT2D eigenvalue weighted by molar-refractivity contribution is 7.81. The third-order valence-corrected chi connectivity index (χ3v) is 6.44. The zero-order valence-electron chi connectivity index (χ0n) is 19.8. The maximum absolute atomic E-state index is 11.5. The van der Waals surface area contributed by atoms with E-state index in [-0.39, 0.29) is 5.82 Å². The van der Waals surface area contributed by atoms with Gasteiger partial charge < -0.3 is 5.11 Å². The highest BCUT2D eigenvalue weighted by Crippen LogP contribution is 2.30. The van der Waals surface area contributed by atoms with Crippen LogP contribution in [0.25, 0.3) is 28.2 Å². The van der Waals surface area contributed by atoms with Crippen molar-refractivity contribution in [2.45, 2.75) is 38.4 Å². The largest absolute Gasteiger partial charge is 0.480 e. The lowest BCUT2D eigenvalue weighted by molar-refractivity contribution is -0.136. The maximum Gasteiger partial charge on any atom is 0.324 e. The van der Waals surface area contributed by atoms with Gasteiger partial charge in [0.25, 0.3) is 0 Å². The number of thiol groups is 1. The van der Waals surface area contributed by atoms with E-state index in [1.165, 1.54) is 0 Å². The molecule has 5 aromatic rings. The lowest BCUT2D eigenvalue weighted by Gasteiger charge is -2.12. The van der Waals surface area contributed by atoms with Crippen LogP contribution in [-0.4, -0.2) is 51.3 Å². The van der Waals surface area contributed by atoms with Gasteiger partial charge in [-0.1, -0.05) is 61.9 Å². The number of aryl methyl sites for hydroxylation is 2. The molecule has 0 amide bonds. The molecule has 0 aliphatic heterocycles. The minimum absolute atomic E-state index is 0.152. The van der Waals surface area contributed by atoms with Crippen LogP contribution in [0.2, 0.25) is 0 Å². The molecule has 0 radical (unpaired) electrons. The molecule has 0 aliphatic carbocycles. The summed E-state index contributed by atoms with van der Waals surface area (Å²) in [4.78, 5) is 20.8. The molecule has 182 valence electrons. The molecule has 3 heterocycles. The average molecular weight is 501 g/mol. The van der Waals surface area contributed by atoms with E-state index in [2.05, 4.69) is 74.5 Å². The second kappa shape index (κ2) is 9.86. The molecule has 3 aromatic heterocycles. The summed E-state index contributed by atoms with van der Waals surface area (Å²) in [7, 11) is 0. The van der Waals surface area contributed by atoms with Crippen LogP contribution in [-0.2, 0) is 17.6 Å². The molecule has 0 aliphatic rings. The van der Waals surface area contributed by atoms with Gasteiger partial charge >= 0.3 is 5.97 Å². The van der Waals surface area contributed by atoms with E-state index < -0.39 is 11.2 Å². The quantitative estimate of drug-likeness (QED) is 0.273. The molecule has 10 nitrogen and oxygen atoms in total. The molecule has 0 spiro atoms. The van der Waals surface area contributed by atoms with E-state index in [0.717, 1.165) is 46.4 Å². The van der Waals surface area contributed by atoms with E-state index in [1.807, 2.05) is 31.2 Å². The van der Waals surface area contributed by atoms with Crippen molar-refractivity contribution in [3.63, 3.8) is 0 Å². The van der Waals surface area contributed by atoms with Crippen molar-refractivity contribution in [2.24, 2.45) is 0 Å². The number of aromatic amines is 1. The fraction of sp³-hybridized carbons (Fsp3) is 0.240. The van der Waals surface area contributed by atoms with Crippen molar-refractivity contribution in [1.29, 1.82) is 0 Å². The Morgan fingerprint density at radius 1 is 1.11 bits per heavy atom. The fourth-order valence-corrected chi connectivity index (χ4v) is 4.37. The van der Waals surface area contributed by atoms with Gasteiger partial charge in [-0.2, -0.15) is 17.1 Å². The number of carboxylic acids is 1. The first-order valence-corrected chi connectivity index (χ1v) is 12.1. The topological polar surface area (TPSA) is 135 Å². The van der Waals surface area contributed by atoms with Gasteiger partial charge in [0.05, 0.1) is 0 Å². The number of nitrogens with zero attached hydrogens (tertiary/aromatic N) is 7. The van der Waals surface area contributed by atoms with Crippen molar-refractivity contribution in [2.75, 3.05) is 0 Å². The first-order valence-electron chi connectivity index (χ1n) is 11.5. The van der Waals surface area contributed by atoms with E-state index in [0.29, 0.717) is 23.7 Å². The predicted molar refractivity (Wildman–Crippen MR) is 137 cm³/mol. The number of hydrogen-bond donors (Lipinski definition) is 3. The van der Waals surface area contributed by atoms with Gasteiger partial charge in [-0.25, -0.2) is 15.1 Å². The monoisotopic (exact) mass is 500 g/mol. The summed E-state index contributed by atoms with van der Waals surface area (Å²) < 4.78 is 1.62. The number of nitrogens with one attached hydrogen (secondary N) is 1. The Balaban J connectivity index is 1.53. The number of carbonyl (C=O) groups is 1. The maximum atomic E-state index is 11.5. The van der Waals surface area contributed by atoms with Gasteiger partial charge in [-0.3, -0.25) is 4.79 Å². The van der Waals surface area contributed by atoms with Crippen molar-refractivity contribution >= 4 is 24.2 Å². The minimum Gasteiger partial charge on any atom is -0.480 e. The molecule has 2 aromatic carbocycles. The van der Waals surface area contributed by atoms with Crippen LogP contribution in [0.5, 0.6) is 0 Å². The molecule has 11 heteroatoms. The Bertz CT molecular complexity index is 1530. The summed E-state index contributed by atoms with van der Waals surface area (Å²) in [6.07, 6.45) is 2.30. The Morgan fingerprint density at radius 2 is 1.86 bits per heavy atom. The number of tetrazole rings is 1. The summed E-state index contributed by atoms with van der Waals surface area (Å²) in [6.45, 7) is 3.95. The molecular weight excluding hydrogens is 476 g/mol. The fourth-order valence-electron chi connectivity index (χ4n) is 4.26. The molecule has 0 saturated heterocycles. The Labute approximate surface area is 212 Å². The normalized spacial score (nSPS) is 12.2. The third-order valence-electron chi connectivity index (χ3n) is 5.98. The number of hydrogen-bond acceptors (Lipinski definition) is 8. The molecule has 1 atom stereocenters. The third kappa shape index (κ3) is 4.44. The van der Waals surface area contributed by atoms with Crippen LogP contribution >= 0.6 is 12.6 Å². The highest BCUT2D eigenvalue weighted by Gasteiger charge is 2.23. The number of aromatic nitrogens is 8. The lowest BCUT2D eigenvalue weighted by atomic mass is 9.96. The van der Waals surface area contributed by atoms with Crippen LogP contribution < -0.4 is 0 Å². The Hall–Kier alpha value is -4.12. The second-order valence-corrected chi connectivity index (χ2v) is 8.97. The van der Waals surface area contributed by atoms with Crippen molar-refractivity contribution in [3.8, 4) is 22.5 Å². The number of aliphatic carboxylic acids is 1. The summed E-state index contributed by atoms with van der Waals surface area (Å²) in [6, 6.07) is 16.2. The summed E-state index contributed by atoms with van der Waals surface area (Å²) >= 11 is 4.16. The van der Waals surface area contributed by atoms with E-state index >= 15 is 0 Å². The highest BCUT2D eigenvalue weighted by atomic mass is 32.1. The van der Waals surface area contributed by atoms with Crippen LogP contribution in [0, 0.1) is 6.92 Å². The molecule has 5 rings (SSSR count). The molecule has 1 unspecified atom stereocenters. The zero-order valence-corrected chi connectivity index (χ0v) is 20.6. The summed E-state index contributed by atoms with van der Waals surface area (Å²) in [5, 5.41) is 26.9. The molecular formula is C25H24N8O2S.